The van der Waals surface area contributed by atoms with Crippen LogP contribution in [0.2, 0.25) is 0 Å². The average molecular weight is 240 g/mol. The van der Waals surface area contributed by atoms with Gasteiger partial charge in [-0.1, -0.05) is 12.2 Å². The highest BCUT2D eigenvalue weighted by molar-refractivity contribution is 5.80. The molecule has 2 heterocycles. The van der Waals surface area contributed by atoms with Gasteiger partial charge in [-0.05, 0) is 20.8 Å². The van der Waals surface area contributed by atoms with E-state index in [4.69, 9.17) is 14.2 Å². The maximum absolute atomic E-state index is 11.7. The number of Topliss-reactive ketones (excluding diaryl/α,β-unsaturated/α-hetero) is 1. The summed E-state index contributed by atoms with van der Waals surface area (Å²) in [5.41, 5.74) is 0. The summed E-state index contributed by atoms with van der Waals surface area (Å²) in [6, 6.07) is 0. The SMILES string of the molecule is C/C=C/[C@@H]1CC(=O)C[C@H]([C@H]2COC(C)(C)O2)O1. The maximum atomic E-state index is 11.7. The first kappa shape index (κ1) is 12.7. The summed E-state index contributed by atoms with van der Waals surface area (Å²) in [5.74, 6) is -0.331. The first-order valence-electron chi connectivity index (χ1n) is 6.12. The largest absolute Gasteiger partial charge is 0.367 e. The summed E-state index contributed by atoms with van der Waals surface area (Å²) in [6.45, 7) is 6.17. The van der Waals surface area contributed by atoms with Crippen molar-refractivity contribution >= 4 is 5.78 Å². The van der Waals surface area contributed by atoms with Crippen molar-refractivity contribution in [3.63, 3.8) is 0 Å². The predicted octanol–water partition coefficient (Wildman–Crippen LogP) is 1.83. The van der Waals surface area contributed by atoms with Crippen LogP contribution in [0.15, 0.2) is 12.2 Å². The lowest BCUT2D eigenvalue weighted by Crippen LogP contribution is -2.41. The fourth-order valence-electron chi connectivity index (χ4n) is 2.30. The molecule has 4 heteroatoms. The summed E-state index contributed by atoms with van der Waals surface area (Å²) >= 11 is 0. The van der Waals surface area contributed by atoms with Crippen LogP contribution < -0.4 is 0 Å². The molecule has 0 aliphatic carbocycles. The number of carbonyl (C=O) groups excluding carboxylic acids is 1. The van der Waals surface area contributed by atoms with E-state index in [-0.39, 0.29) is 24.1 Å². The molecule has 0 aromatic rings. The van der Waals surface area contributed by atoms with Crippen molar-refractivity contribution < 1.29 is 19.0 Å². The first-order chi connectivity index (χ1) is 8.00. The number of hydrogen-bond donors (Lipinski definition) is 0. The Morgan fingerprint density at radius 3 is 2.65 bits per heavy atom. The van der Waals surface area contributed by atoms with E-state index in [1.165, 1.54) is 0 Å². The number of allylic oxidation sites excluding steroid dienone is 1. The van der Waals surface area contributed by atoms with E-state index in [1.54, 1.807) is 0 Å². The first-order valence-corrected chi connectivity index (χ1v) is 6.12. The van der Waals surface area contributed by atoms with Gasteiger partial charge >= 0.3 is 0 Å². The Morgan fingerprint density at radius 1 is 1.29 bits per heavy atom. The van der Waals surface area contributed by atoms with Crippen LogP contribution in [0.3, 0.4) is 0 Å². The zero-order valence-electron chi connectivity index (χ0n) is 10.6. The predicted molar refractivity (Wildman–Crippen MR) is 62.6 cm³/mol. The molecule has 2 aliphatic heterocycles. The van der Waals surface area contributed by atoms with E-state index in [9.17, 15) is 4.79 Å². The molecule has 0 aromatic heterocycles. The Morgan fingerprint density at radius 2 is 2.06 bits per heavy atom. The summed E-state index contributed by atoms with van der Waals surface area (Å²) < 4.78 is 17.1. The number of ketones is 1. The van der Waals surface area contributed by atoms with Gasteiger partial charge in [0, 0.05) is 12.8 Å². The third kappa shape index (κ3) is 3.15. The normalized spacial score (nSPS) is 37.8. The lowest BCUT2D eigenvalue weighted by Gasteiger charge is -2.31. The number of hydrogen-bond acceptors (Lipinski definition) is 4. The van der Waals surface area contributed by atoms with E-state index in [0.29, 0.717) is 19.4 Å². The Kier molecular flexibility index (Phi) is 3.66. The van der Waals surface area contributed by atoms with Gasteiger partial charge in [0.2, 0.25) is 0 Å². The molecule has 3 atom stereocenters. The maximum Gasteiger partial charge on any atom is 0.163 e. The Bertz CT molecular complexity index is 321. The van der Waals surface area contributed by atoms with Gasteiger partial charge in [0.05, 0.1) is 18.8 Å². The monoisotopic (exact) mass is 240 g/mol. The zero-order valence-corrected chi connectivity index (χ0v) is 10.6. The lowest BCUT2D eigenvalue weighted by atomic mass is 9.99. The summed E-state index contributed by atoms with van der Waals surface area (Å²) in [5, 5.41) is 0. The quantitative estimate of drug-likeness (QED) is 0.691. The molecular weight excluding hydrogens is 220 g/mol. The fraction of sp³-hybridized carbons (Fsp3) is 0.769. The minimum atomic E-state index is -0.565. The van der Waals surface area contributed by atoms with Crippen molar-refractivity contribution in [1.82, 2.24) is 0 Å². The van der Waals surface area contributed by atoms with Crippen molar-refractivity contribution in [3.8, 4) is 0 Å². The second-order valence-corrected chi connectivity index (χ2v) is 5.05. The fourth-order valence-corrected chi connectivity index (χ4v) is 2.30. The molecule has 0 spiro atoms. The standard InChI is InChI=1S/C13H20O4/c1-4-5-10-6-9(14)7-11(16-10)12-8-15-13(2,3)17-12/h4-5,10-12H,6-8H2,1-3H3/b5-4+/t10-,11-,12-/m1/s1. The highest BCUT2D eigenvalue weighted by Gasteiger charge is 2.41. The second kappa shape index (κ2) is 4.88. The molecule has 0 aromatic carbocycles. The molecule has 2 aliphatic rings. The van der Waals surface area contributed by atoms with Gasteiger partial charge in [-0.15, -0.1) is 0 Å². The molecule has 0 saturated carbocycles. The Balaban J connectivity index is 1.99. The number of carbonyl (C=O) groups is 1. The zero-order chi connectivity index (χ0) is 12.5. The third-order valence-corrected chi connectivity index (χ3v) is 3.06. The van der Waals surface area contributed by atoms with Gasteiger partial charge in [0.1, 0.15) is 11.9 Å². The van der Waals surface area contributed by atoms with Gasteiger partial charge < -0.3 is 14.2 Å². The second-order valence-electron chi connectivity index (χ2n) is 5.05. The van der Waals surface area contributed by atoms with Gasteiger partial charge in [-0.25, -0.2) is 0 Å². The molecule has 0 N–H and O–H groups in total. The van der Waals surface area contributed by atoms with Crippen molar-refractivity contribution in [2.45, 2.75) is 57.7 Å². The van der Waals surface area contributed by atoms with Crippen LogP contribution in [0.25, 0.3) is 0 Å². The van der Waals surface area contributed by atoms with Crippen LogP contribution in [-0.2, 0) is 19.0 Å². The number of ether oxygens (including phenoxy) is 3. The highest BCUT2D eigenvalue weighted by Crippen LogP contribution is 2.29. The molecule has 0 unspecified atom stereocenters. The smallest absolute Gasteiger partial charge is 0.163 e. The molecule has 0 radical (unpaired) electrons. The summed E-state index contributed by atoms with van der Waals surface area (Å²) in [6.07, 6.45) is 4.30. The van der Waals surface area contributed by atoms with Crippen LogP contribution >= 0.6 is 0 Å². The van der Waals surface area contributed by atoms with Crippen LogP contribution in [-0.4, -0.2) is 36.5 Å². The van der Waals surface area contributed by atoms with E-state index >= 15 is 0 Å². The van der Waals surface area contributed by atoms with Crippen LogP contribution in [0.4, 0.5) is 0 Å². The van der Waals surface area contributed by atoms with Crippen LogP contribution in [0, 0.1) is 0 Å². The van der Waals surface area contributed by atoms with Crippen LogP contribution in [0.5, 0.6) is 0 Å². The molecule has 4 nitrogen and oxygen atoms in total. The summed E-state index contributed by atoms with van der Waals surface area (Å²) in [4.78, 5) is 11.7. The topological polar surface area (TPSA) is 44.8 Å². The average Bonchev–Trinajstić information content (AvgIpc) is 2.58. The molecule has 2 saturated heterocycles. The van der Waals surface area contributed by atoms with E-state index in [0.717, 1.165) is 0 Å². The molecular formula is C13H20O4. The lowest BCUT2D eigenvalue weighted by molar-refractivity contribution is -0.169. The molecule has 2 fully saturated rings. The van der Waals surface area contributed by atoms with Gasteiger partial charge in [0.15, 0.2) is 5.79 Å². The van der Waals surface area contributed by atoms with Crippen LogP contribution in [0.1, 0.15) is 33.6 Å². The molecule has 0 bridgehead atoms. The van der Waals surface area contributed by atoms with Gasteiger partial charge in [-0.3, -0.25) is 4.79 Å². The van der Waals surface area contributed by atoms with Crippen molar-refractivity contribution in [2.75, 3.05) is 6.61 Å². The highest BCUT2D eigenvalue weighted by atomic mass is 16.7. The van der Waals surface area contributed by atoms with Gasteiger partial charge in [-0.2, -0.15) is 0 Å². The third-order valence-electron chi connectivity index (χ3n) is 3.06. The molecule has 2 rings (SSSR count). The summed E-state index contributed by atoms with van der Waals surface area (Å²) in [7, 11) is 0. The van der Waals surface area contributed by atoms with Gasteiger partial charge in [0.25, 0.3) is 0 Å². The van der Waals surface area contributed by atoms with E-state index < -0.39 is 5.79 Å². The molecule has 0 amide bonds. The Labute approximate surface area is 102 Å². The number of rotatable bonds is 2. The van der Waals surface area contributed by atoms with E-state index in [1.807, 2.05) is 32.9 Å². The van der Waals surface area contributed by atoms with Crippen molar-refractivity contribution in [2.24, 2.45) is 0 Å². The minimum absolute atomic E-state index is 0.112. The van der Waals surface area contributed by atoms with Crippen molar-refractivity contribution in [3.05, 3.63) is 12.2 Å². The van der Waals surface area contributed by atoms with E-state index in [2.05, 4.69) is 0 Å². The minimum Gasteiger partial charge on any atom is -0.367 e. The Hall–Kier alpha value is -0.710. The van der Waals surface area contributed by atoms with Crippen molar-refractivity contribution in [1.29, 1.82) is 0 Å². The molecule has 17 heavy (non-hydrogen) atoms. The molecule has 96 valence electrons.